The summed E-state index contributed by atoms with van der Waals surface area (Å²) in [7, 11) is 0. The van der Waals surface area contributed by atoms with Gasteiger partial charge in [-0.15, -0.1) is 0 Å². The lowest BCUT2D eigenvalue weighted by atomic mass is 9.96. The van der Waals surface area contributed by atoms with Gasteiger partial charge in [-0.25, -0.2) is 0 Å². The van der Waals surface area contributed by atoms with Crippen molar-refractivity contribution in [1.29, 1.82) is 0 Å². The highest BCUT2D eigenvalue weighted by Gasteiger charge is 2.10. The maximum atomic E-state index is 5.97. The van der Waals surface area contributed by atoms with Crippen LogP contribution in [0.1, 0.15) is 34.6 Å². The van der Waals surface area contributed by atoms with Gasteiger partial charge in [0.15, 0.2) is 0 Å². The van der Waals surface area contributed by atoms with Crippen LogP contribution in [0.4, 0.5) is 0 Å². The van der Waals surface area contributed by atoms with Crippen LogP contribution in [0.5, 0.6) is 5.75 Å². The SMILES string of the molecule is Cc1cc(C)c(OCCC(CN)c2ccccc2)cc1C. The molecule has 0 saturated carbocycles. The fraction of sp³-hybridized carbons (Fsp3) is 0.368. The van der Waals surface area contributed by atoms with E-state index >= 15 is 0 Å². The number of rotatable bonds is 6. The molecule has 0 fully saturated rings. The quantitative estimate of drug-likeness (QED) is 0.865. The summed E-state index contributed by atoms with van der Waals surface area (Å²) in [6.07, 6.45) is 0.937. The molecule has 2 aromatic carbocycles. The first-order chi connectivity index (χ1) is 10.1. The Morgan fingerprint density at radius 2 is 1.62 bits per heavy atom. The second-order valence-corrected chi connectivity index (χ2v) is 5.68. The van der Waals surface area contributed by atoms with Gasteiger partial charge in [0.25, 0.3) is 0 Å². The van der Waals surface area contributed by atoms with Crippen LogP contribution >= 0.6 is 0 Å². The van der Waals surface area contributed by atoms with Crippen LogP contribution in [-0.4, -0.2) is 13.2 Å². The van der Waals surface area contributed by atoms with Gasteiger partial charge < -0.3 is 10.5 Å². The molecule has 0 radical (unpaired) electrons. The number of hydrogen-bond donors (Lipinski definition) is 1. The molecule has 21 heavy (non-hydrogen) atoms. The Morgan fingerprint density at radius 3 is 2.29 bits per heavy atom. The molecule has 0 aliphatic carbocycles. The summed E-state index contributed by atoms with van der Waals surface area (Å²) in [5, 5.41) is 0. The van der Waals surface area contributed by atoms with E-state index in [0.29, 0.717) is 19.1 Å². The molecule has 2 N–H and O–H groups in total. The highest BCUT2D eigenvalue weighted by Crippen LogP contribution is 2.24. The average Bonchev–Trinajstić information content (AvgIpc) is 2.49. The van der Waals surface area contributed by atoms with E-state index in [4.69, 9.17) is 10.5 Å². The number of hydrogen-bond acceptors (Lipinski definition) is 2. The fourth-order valence-electron chi connectivity index (χ4n) is 2.55. The normalized spacial score (nSPS) is 12.2. The van der Waals surface area contributed by atoms with E-state index in [1.54, 1.807) is 0 Å². The minimum Gasteiger partial charge on any atom is -0.493 e. The van der Waals surface area contributed by atoms with Crippen LogP contribution < -0.4 is 10.5 Å². The molecule has 0 heterocycles. The molecule has 0 aliphatic rings. The minimum absolute atomic E-state index is 0.359. The van der Waals surface area contributed by atoms with E-state index in [1.807, 2.05) is 6.07 Å². The molecule has 2 heteroatoms. The van der Waals surface area contributed by atoms with E-state index in [2.05, 4.69) is 57.2 Å². The first-order valence-electron chi connectivity index (χ1n) is 7.57. The van der Waals surface area contributed by atoms with Crippen LogP contribution in [0.25, 0.3) is 0 Å². The zero-order valence-corrected chi connectivity index (χ0v) is 13.2. The second-order valence-electron chi connectivity index (χ2n) is 5.68. The highest BCUT2D eigenvalue weighted by atomic mass is 16.5. The van der Waals surface area contributed by atoms with Crippen LogP contribution in [-0.2, 0) is 0 Å². The smallest absolute Gasteiger partial charge is 0.122 e. The third kappa shape index (κ3) is 4.08. The highest BCUT2D eigenvalue weighted by molar-refractivity contribution is 5.40. The summed E-state index contributed by atoms with van der Waals surface area (Å²) in [6.45, 7) is 7.69. The molecule has 0 saturated heterocycles. The Morgan fingerprint density at radius 1 is 0.952 bits per heavy atom. The monoisotopic (exact) mass is 283 g/mol. The fourth-order valence-corrected chi connectivity index (χ4v) is 2.55. The molecule has 2 rings (SSSR count). The van der Waals surface area contributed by atoms with Crippen molar-refractivity contribution in [3.8, 4) is 5.75 Å². The Kier molecular flexibility index (Phi) is 5.40. The summed E-state index contributed by atoms with van der Waals surface area (Å²) < 4.78 is 5.97. The van der Waals surface area contributed by atoms with Crippen molar-refractivity contribution in [2.24, 2.45) is 5.73 Å². The van der Waals surface area contributed by atoms with Crippen molar-refractivity contribution in [2.75, 3.05) is 13.2 Å². The van der Waals surface area contributed by atoms with Crippen molar-refractivity contribution in [2.45, 2.75) is 33.1 Å². The molecule has 0 bridgehead atoms. The largest absolute Gasteiger partial charge is 0.493 e. The predicted octanol–water partition coefficient (Wildman–Crippen LogP) is 4.12. The van der Waals surface area contributed by atoms with Crippen LogP contribution in [0.15, 0.2) is 42.5 Å². The van der Waals surface area contributed by atoms with Gasteiger partial charge in [-0.05, 0) is 68.0 Å². The Labute approximate surface area is 127 Å². The number of benzene rings is 2. The third-order valence-corrected chi connectivity index (χ3v) is 4.07. The molecular weight excluding hydrogens is 258 g/mol. The minimum atomic E-state index is 0.359. The lowest BCUT2D eigenvalue weighted by Gasteiger charge is -2.17. The van der Waals surface area contributed by atoms with Gasteiger partial charge >= 0.3 is 0 Å². The van der Waals surface area contributed by atoms with Gasteiger partial charge in [-0.3, -0.25) is 0 Å². The van der Waals surface area contributed by atoms with Gasteiger partial charge in [0, 0.05) is 0 Å². The van der Waals surface area contributed by atoms with Crippen molar-refractivity contribution in [3.05, 3.63) is 64.7 Å². The van der Waals surface area contributed by atoms with E-state index in [9.17, 15) is 0 Å². The Balaban J connectivity index is 1.96. The second kappa shape index (κ2) is 7.28. The van der Waals surface area contributed by atoms with Crippen LogP contribution in [0.2, 0.25) is 0 Å². The average molecular weight is 283 g/mol. The molecule has 0 amide bonds. The number of aryl methyl sites for hydroxylation is 3. The standard InChI is InChI=1S/C19H25NO/c1-14-11-16(3)19(12-15(14)2)21-10-9-18(13-20)17-7-5-4-6-8-17/h4-8,11-12,18H,9-10,13,20H2,1-3H3. The van der Waals surface area contributed by atoms with Gasteiger partial charge in [0.1, 0.15) is 5.75 Å². The van der Waals surface area contributed by atoms with Crippen molar-refractivity contribution in [3.63, 3.8) is 0 Å². The summed E-state index contributed by atoms with van der Waals surface area (Å²) >= 11 is 0. The molecule has 1 unspecified atom stereocenters. The van der Waals surface area contributed by atoms with Crippen molar-refractivity contribution >= 4 is 0 Å². The van der Waals surface area contributed by atoms with E-state index < -0.39 is 0 Å². The van der Waals surface area contributed by atoms with E-state index in [-0.39, 0.29) is 0 Å². The van der Waals surface area contributed by atoms with Gasteiger partial charge in [-0.1, -0.05) is 36.4 Å². The molecule has 2 nitrogen and oxygen atoms in total. The molecule has 0 aliphatic heterocycles. The van der Waals surface area contributed by atoms with Crippen molar-refractivity contribution in [1.82, 2.24) is 0 Å². The molecule has 112 valence electrons. The summed E-state index contributed by atoms with van der Waals surface area (Å²) in [6, 6.07) is 14.7. The third-order valence-electron chi connectivity index (χ3n) is 4.07. The number of nitrogens with two attached hydrogens (primary N) is 1. The predicted molar refractivity (Wildman–Crippen MR) is 89.0 cm³/mol. The molecule has 1 atom stereocenters. The molecule has 0 aromatic heterocycles. The summed E-state index contributed by atoms with van der Waals surface area (Å²) in [4.78, 5) is 0. The molecule has 2 aromatic rings. The topological polar surface area (TPSA) is 35.2 Å². The van der Waals surface area contributed by atoms with Gasteiger partial charge in [-0.2, -0.15) is 0 Å². The Hall–Kier alpha value is -1.80. The summed E-state index contributed by atoms with van der Waals surface area (Å²) in [5.74, 6) is 1.35. The lowest BCUT2D eigenvalue weighted by molar-refractivity contribution is 0.296. The Bertz CT molecular complexity index is 578. The lowest BCUT2D eigenvalue weighted by Crippen LogP contribution is -2.15. The maximum Gasteiger partial charge on any atom is 0.122 e. The van der Waals surface area contributed by atoms with E-state index in [1.165, 1.54) is 22.3 Å². The molecule has 0 spiro atoms. The first kappa shape index (κ1) is 15.6. The maximum absolute atomic E-state index is 5.97. The van der Waals surface area contributed by atoms with Crippen LogP contribution in [0.3, 0.4) is 0 Å². The number of ether oxygens (including phenoxy) is 1. The molecular formula is C19H25NO. The summed E-state index contributed by atoms with van der Waals surface area (Å²) in [5.41, 5.74) is 11.0. The first-order valence-corrected chi connectivity index (χ1v) is 7.57. The van der Waals surface area contributed by atoms with Crippen LogP contribution in [0, 0.1) is 20.8 Å². The van der Waals surface area contributed by atoms with Gasteiger partial charge in [0.2, 0.25) is 0 Å². The van der Waals surface area contributed by atoms with Crippen molar-refractivity contribution < 1.29 is 4.74 Å². The zero-order chi connectivity index (χ0) is 15.2. The van der Waals surface area contributed by atoms with Gasteiger partial charge in [0.05, 0.1) is 6.61 Å². The van der Waals surface area contributed by atoms with E-state index in [0.717, 1.165) is 12.2 Å². The zero-order valence-electron chi connectivity index (χ0n) is 13.2.